The van der Waals surface area contributed by atoms with E-state index in [1.165, 1.54) is 27.1 Å². The summed E-state index contributed by atoms with van der Waals surface area (Å²) in [6, 6.07) is 63.9. The van der Waals surface area contributed by atoms with E-state index < -0.39 is 0 Å². The highest BCUT2D eigenvalue weighted by molar-refractivity contribution is 6.21. The summed E-state index contributed by atoms with van der Waals surface area (Å²) in [7, 11) is 0. The van der Waals surface area contributed by atoms with Crippen molar-refractivity contribution in [2.45, 2.75) is 0 Å². The van der Waals surface area contributed by atoms with Crippen molar-refractivity contribution < 1.29 is 0 Å². The van der Waals surface area contributed by atoms with E-state index in [4.69, 9.17) is 15.0 Å². The molecule has 0 aliphatic heterocycles. The predicted octanol–water partition coefficient (Wildman–Crippen LogP) is 11.9. The summed E-state index contributed by atoms with van der Waals surface area (Å²) in [5, 5.41) is 7.24. The second kappa shape index (κ2) is 11.9. The van der Waals surface area contributed by atoms with Gasteiger partial charge in [-0.05, 0) is 51.6 Å². The van der Waals surface area contributed by atoms with Gasteiger partial charge >= 0.3 is 0 Å². The first-order chi connectivity index (χ1) is 25.3. The summed E-state index contributed by atoms with van der Waals surface area (Å²) in [4.78, 5) is 15.3. The van der Waals surface area contributed by atoms with Gasteiger partial charge in [0.15, 0.2) is 17.5 Å². The van der Waals surface area contributed by atoms with Crippen molar-refractivity contribution in [3.63, 3.8) is 0 Å². The Kier molecular flexibility index (Phi) is 6.78. The van der Waals surface area contributed by atoms with Crippen LogP contribution in [0.15, 0.2) is 182 Å². The smallest absolute Gasteiger partial charge is 0.164 e. The molecule has 2 aromatic heterocycles. The Morgan fingerprint density at radius 2 is 0.824 bits per heavy atom. The van der Waals surface area contributed by atoms with Crippen molar-refractivity contribution in [3.8, 4) is 51.0 Å². The van der Waals surface area contributed by atoms with Gasteiger partial charge in [0, 0.05) is 32.8 Å². The SMILES string of the molecule is c1ccc(-c2ccc(-c3nc(-c4ccccc4)nc(-c4cc(-n5c6ccccc6c6c7ccccc7ccc65)c5ccccc5c4)n3)cc2)cc1. The monoisotopic (exact) mass is 650 g/mol. The highest BCUT2D eigenvalue weighted by Gasteiger charge is 2.19. The third-order valence-corrected chi connectivity index (χ3v) is 9.82. The number of para-hydroxylation sites is 1. The van der Waals surface area contributed by atoms with Crippen molar-refractivity contribution in [3.05, 3.63) is 182 Å². The van der Waals surface area contributed by atoms with E-state index in [0.717, 1.165) is 49.7 Å². The van der Waals surface area contributed by atoms with E-state index in [0.29, 0.717) is 17.5 Å². The van der Waals surface area contributed by atoms with E-state index in [1.54, 1.807) is 0 Å². The summed E-state index contributed by atoms with van der Waals surface area (Å²) < 4.78 is 2.41. The molecule has 51 heavy (non-hydrogen) atoms. The normalized spacial score (nSPS) is 11.5. The van der Waals surface area contributed by atoms with Crippen molar-refractivity contribution in [2.24, 2.45) is 0 Å². The first kappa shape index (κ1) is 29.0. The number of fused-ring (bicyclic) bond motifs is 6. The van der Waals surface area contributed by atoms with Crippen LogP contribution in [0.5, 0.6) is 0 Å². The molecule has 0 aliphatic carbocycles. The van der Waals surface area contributed by atoms with Gasteiger partial charge in [0.2, 0.25) is 0 Å². The number of nitrogens with zero attached hydrogens (tertiary/aromatic N) is 4. The van der Waals surface area contributed by atoms with Crippen LogP contribution in [0.4, 0.5) is 0 Å². The van der Waals surface area contributed by atoms with E-state index in [9.17, 15) is 0 Å². The molecular weight excluding hydrogens is 621 g/mol. The Morgan fingerprint density at radius 1 is 0.314 bits per heavy atom. The topological polar surface area (TPSA) is 43.6 Å². The molecule has 0 N–H and O–H groups in total. The first-order valence-electron chi connectivity index (χ1n) is 17.2. The Labute approximate surface area is 295 Å². The Hall–Kier alpha value is -6.91. The first-order valence-corrected chi connectivity index (χ1v) is 17.2. The molecule has 0 saturated carbocycles. The number of benzene rings is 8. The highest BCUT2D eigenvalue weighted by Crippen LogP contribution is 2.40. The largest absolute Gasteiger partial charge is 0.309 e. The second-order valence-corrected chi connectivity index (χ2v) is 12.9. The lowest BCUT2D eigenvalue weighted by atomic mass is 10.0. The molecule has 0 saturated heterocycles. The van der Waals surface area contributed by atoms with Crippen molar-refractivity contribution >= 4 is 43.4 Å². The quantitative estimate of drug-likeness (QED) is 0.186. The lowest BCUT2D eigenvalue weighted by molar-refractivity contribution is 1.07. The Bertz CT molecular complexity index is 2890. The van der Waals surface area contributed by atoms with Gasteiger partial charge in [0.1, 0.15) is 0 Å². The lowest BCUT2D eigenvalue weighted by Crippen LogP contribution is -2.02. The Morgan fingerprint density at radius 3 is 1.55 bits per heavy atom. The minimum absolute atomic E-state index is 0.629. The fourth-order valence-corrected chi connectivity index (χ4v) is 7.40. The lowest BCUT2D eigenvalue weighted by Gasteiger charge is -2.15. The molecule has 0 fully saturated rings. The highest BCUT2D eigenvalue weighted by atomic mass is 15.0. The van der Waals surface area contributed by atoms with Crippen LogP contribution < -0.4 is 0 Å². The van der Waals surface area contributed by atoms with Crippen LogP contribution in [0, 0.1) is 0 Å². The van der Waals surface area contributed by atoms with Crippen LogP contribution in [0.2, 0.25) is 0 Å². The van der Waals surface area contributed by atoms with Gasteiger partial charge in [-0.15, -0.1) is 0 Å². The minimum atomic E-state index is 0.629. The van der Waals surface area contributed by atoms with Gasteiger partial charge in [-0.1, -0.05) is 158 Å². The zero-order valence-corrected chi connectivity index (χ0v) is 27.6. The van der Waals surface area contributed by atoms with Gasteiger partial charge in [0.05, 0.1) is 16.7 Å². The van der Waals surface area contributed by atoms with Crippen molar-refractivity contribution in [2.75, 3.05) is 0 Å². The number of hydrogen-bond acceptors (Lipinski definition) is 3. The third kappa shape index (κ3) is 4.96. The summed E-state index contributed by atoms with van der Waals surface area (Å²) >= 11 is 0. The maximum Gasteiger partial charge on any atom is 0.164 e. The molecule has 2 heterocycles. The average Bonchev–Trinajstić information content (AvgIpc) is 3.56. The molecular formula is C47H30N4. The third-order valence-electron chi connectivity index (χ3n) is 9.82. The number of rotatable bonds is 5. The van der Waals surface area contributed by atoms with Crippen LogP contribution in [0.25, 0.3) is 94.3 Å². The van der Waals surface area contributed by atoms with Crippen molar-refractivity contribution in [1.82, 2.24) is 19.5 Å². The molecule has 0 spiro atoms. The van der Waals surface area contributed by atoms with E-state index in [2.05, 4.69) is 162 Å². The Balaban J connectivity index is 1.21. The molecule has 0 bridgehead atoms. The second-order valence-electron chi connectivity index (χ2n) is 12.9. The van der Waals surface area contributed by atoms with Gasteiger partial charge in [-0.25, -0.2) is 15.0 Å². The van der Waals surface area contributed by atoms with Crippen LogP contribution >= 0.6 is 0 Å². The zero-order chi connectivity index (χ0) is 33.7. The maximum atomic E-state index is 5.17. The molecule has 10 aromatic rings. The summed E-state index contributed by atoms with van der Waals surface area (Å²) in [6.07, 6.45) is 0. The van der Waals surface area contributed by atoms with Crippen molar-refractivity contribution in [1.29, 1.82) is 0 Å². The number of aromatic nitrogens is 4. The van der Waals surface area contributed by atoms with E-state index >= 15 is 0 Å². The van der Waals surface area contributed by atoms with Crippen LogP contribution in [-0.4, -0.2) is 19.5 Å². The fourth-order valence-electron chi connectivity index (χ4n) is 7.40. The molecule has 0 atom stereocenters. The van der Waals surface area contributed by atoms with Gasteiger partial charge in [-0.2, -0.15) is 0 Å². The fraction of sp³-hybridized carbons (Fsp3) is 0. The van der Waals surface area contributed by atoms with Crippen LogP contribution in [-0.2, 0) is 0 Å². The summed E-state index contributed by atoms with van der Waals surface area (Å²) in [5.74, 6) is 1.90. The van der Waals surface area contributed by atoms with E-state index in [1.807, 2.05) is 24.3 Å². The molecule has 0 aliphatic rings. The molecule has 8 aromatic carbocycles. The molecule has 10 rings (SSSR count). The van der Waals surface area contributed by atoms with Crippen LogP contribution in [0.1, 0.15) is 0 Å². The molecule has 0 unspecified atom stereocenters. The number of hydrogen-bond donors (Lipinski definition) is 0. The van der Waals surface area contributed by atoms with Gasteiger partial charge in [-0.3, -0.25) is 0 Å². The average molecular weight is 651 g/mol. The summed E-state index contributed by atoms with van der Waals surface area (Å²) in [6.45, 7) is 0. The van der Waals surface area contributed by atoms with Crippen LogP contribution in [0.3, 0.4) is 0 Å². The molecule has 4 nitrogen and oxygen atoms in total. The molecule has 238 valence electrons. The maximum absolute atomic E-state index is 5.17. The molecule has 4 heteroatoms. The zero-order valence-electron chi connectivity index (χ0n) is 27.6. The standard InChI is InChI=1S/C47H30N4/c1-3-13-31(14-4-1)32-23-25-35(26-24-32)46-48-45(34-16-5-2-6-17-34)49-47(50-46)37-29-36-18-8-9-19-38(36)43(30-37)51-41-22-12-11-21-40(41)44-39-20-10-7-15-33(39)27-28-42(44)51/h1-30H. The van der Waals surface area contributed by atoms with Gasteiger partial charge < -0.3 is 4.57 Å². The van der Waals surface area contributed by atoms with Gasteiger partial charge in [0.25, 0.3) is 0 Å². The molecule has 0 radical (unpaired) electrons. The predicted molar refractivity (Wildman–Crippen MR) is 211 cm³/mol. The summed E-state index contributed by atoms with van der Waals surface area (Å²) in [5.41, 5.74) is 8.53. The van der Waals surface area contributed by atoms with E-state index in [-0.39, 0.29) is 0 Å². The molecule has 0 amide bonds. The minimum Gasteiger partial charge on any atom is -0.309 e.